The van der Waals surface area contributed by atoms with Gasteiger partial charge in [-0.2, -0.15) is 0 Å². The maximum absolute atomic E-state index is 6.06. The van der Waals surface area contributed by atoms with Crippen molar-refractivity contribution < 1.29 is 0 Å². The molecule has 102 valence electrons. The van der Waals surface area contributed by atoms with Gasteiger partial charge >= 0.3 is 0 Å². The second-order valence-corrected chi connectivity index (χ2v) is 7.01. The third-order valence-electron chi connectivity index (χ3n) is 4.38. The summed E-state index contributed by atoms with van der Waals surface area (Å²) in [5, 5.41) is 1.14. The minimum absolute atomic E-state index is 0.305. The minimum Gasteiger partial charge on any atom is -0.342 e. The quantitative estimate of drug-likeness (QED) is 0.734. The normalized spacial score (nSPS) is 22.8. The molecule has 19 heavy (non-hydrogen) atoms. The van der Waals surface area contributed by atoms with E-state index in [-0.39, 0.29) is 0 Å². The number of benzene rings is 1. The molecule has 1 heterocycles. The van der Waals surface area contributed by atoms with Gasteiger partial charge < -0.3 is 4.98 Å². The first-order valence-corrected chi connectivity index (χ1v) is 7.57. The van der Waals surface area contributed by atoms with Gasteiger partial charge in [-0.15, -0.1) is 0 Å². The van der Waals surface area contributed by atoms with Gasteiger partial charge in [0, 0.05) is 5.92 Å². The van der Waals surface area contributed by atoms with Crippen LogP contribution < -0.4 is 0 Å². The lowest BCUT2D eigenvalue weighted by Gasteiger charge is -2.37. The third-order valence-corrected chi connectivity index (χ3v) is 5.10. The molecule has 0 aliphatic heterocycles. The van der Waals surface area contributed by atoms with Crippen molar-refractivity contribution in [3.63, 3.8) is 0 Å². The topological polar surface area (TPSA) is 28.7 Å². The number of hydrogen-bond acceptors (Lipinski definition) is 1. The Morgan fingerprint density at radius 1 is 1.21 bits per heavy atom. The molecule has 3 rings (SSSR count). The summed E-state index contributed by atoms with van der Waals surface area (Å²) in [6, 6.07) is 3.71. The number of fused-ring (bicyclic) bond motifs is 1. The van der Waals surface area contributed by atoms with Crippen molar-refractivity contribution in [3.05, 3.63) is 28.0 Å². The summed E-state index contributed by atoms with van der Waals surface area (Å²) in [4.78, 5) is 8.17. The molecule has 1 aromatic heterocycles. The van der Waals surface area contributed by atoms with Crippen LogP contribution in [0.4, 0.5) is 0 Å². The van der Waals surface area contributed by atoms with Crippen molar-refractivity contribution in [2.75, 3.05) is 0 Å². The Kier molecular flexibility index (Phi) is 3.26. The molecule has 1 unspecified atom stereocenters. The third kappa shape index (κ3) is 2.36. The van der Waals surface area contributed by atoms with Crippen LogP contribution in [0.2, 0.25) is 10.0 Å². The van der Waals surface area contributed by atoms with E-state index in [1.807, 2.05) is 12.1 Å². The van der Waals surface area contributed by atoms with Gasteiger partial charge in [0.2, 0.25) is 0 Å². The number of rotatable bonds is 1. The highest BCUT2D eigenvalue weighted by Gasteiger charge is 2.35. The van der Waals surface area contributed by atoms with Crippen LogP contribution >= 0.6 is 23.2 Å². The number of aromatic nitrogens is 2. The molecule has 0 amide bonds. The Labute approximate surface area is 123 Å². The number of nitrogens with zero attached hydrogens (tertiary/aromatic N) is 1. The molecule has 0 radical (unpaired) electrons. The van der Waals surface area contributed by atoms with E-state index in [2.05, 4.69) is 18.8 Å². The van der Waals surface area contributed by atoms with Crippen LogP contribution in [0, 0.1) is 5.41 Å². The summed E-state index contributed by atoms with van der Waals surface area (Å²) in [7, 11) is 0. The Morgan fingerprint density at radius 2 is 1.95 bits per heavy atom. The van der Waals surface area contributed by atoms with E-state index in [0.717, 1.165) is 16.9 Å². The molecule has 2 aromatic rings. The smallest absolute Gasteiger partial charge is 0.110 e. The summed E-state index contributed by atoms with van der Waals surface area (Å²) in [5.74, 6) is 1.57. The highest BCUT2D eigenvalue weighted by Crippen LogP contribution is 2.46. The van der Waals surface area contributed by atoms with Crippen LogP contribution in [0.15, 0.2) is 12.1 Å². The molecule has 2 nitrogen and oxygen atoms in total. The Hall–Kier alpha value is -0.730. The molecule has 1 fully saturated rings. The second kappa shape index (κ2) is 4.68. The minimum atomic E-state index is 0.305. The van der Waals surface area contributed by atoms with E-state index < -0.39 is 0 Å². The van der Waals surface area contributed by atoms with Gasteiger partial charge in [-0.3, -0.25) is 0 Å². The van der Waals surface area contributed by atoms with Crippen LogP contribution in [0.5, 0.6) is 0 Å². The average molecular weight is 297 g/mol. The first kappa shape index (κ1) is 13.3. The lowest BCUT2D eigenvalue weighted by molar-refractivity contribution is 0.193. The monoisotopic (exact) mass is 296 g/mol. The maximum atomic E-state index is 6.06. The van der Waals surface area contributed by atoms with Crippen molar-refractivity contribution in [1.82, 2.24) is 9.97 Å². The first-order valence-electron chi connectivity index (χ1n) is 6.82. The summed E-state index contributed by atoms with van der Waals surface area (Å²) < 4.78 is 0. The molecule has 1 N–H and O–H groups in total. The average Bonchev–Trinajstić information content (AvgIpc) is 2.71. The van der Waals surface area contributed by atoms with E-state index in [4.69, 9.17) is 28.2 Å². The summed E-state index contributed by atoms with van der Waals surface area (Å²) in [6.07, 6.45) is 5.07. The molecule has 0 bridgehead atoms. The van der Waals surface area contributed by atoms with Gasteiger partial charge in [0.05, 0.1) is 21.1 Å². The summed E-state index contributed by atoms with van der Waals surface area (Å²) >= 11 is 12.1. The van der Waals surface area contributed by atoms with Crippen molar-refractivity contribution in [2.45, 2.75) is 45.4 Å². The molecule has 0 spiro atoms. The Bertz CT molecular complexity index is 577. The van der Waals surface area contributed by atoms with Crippen molar-refractivity contribution in [1.29, 1.82) is 0 Å². The molecule has 1 aromatic carbocycles. The van der Waals surface area contributed by atoms with E-state index in [1.165, 1.54) is 25.7 Å². The van der Waals surface area contributed by atoms with Gasteiger partial charge in [0.15, 0.2) is 0 Å². The van der Waals surface area contributed by atoms with Gasteiger partial charge in [-0.25, -0.2) is 4.98 Å². The van der Waals surface area contributed by atoms with Gasteiger partial charge in [0.25, 0.3) is 0 Å². The van der Waals surface area contributed by atoms with E-state index in [9.17, 15) is 0 Å². The highest BCUT2D eigenvalue weighted by atomic mass is 35.5. The van der Waals surface area contributed by atoms with Crippen molar-refractivity contribution >= 4 is 34.2 Å². The molecule has 1 saturated carbocycles. The van der Waals surface area contributed by atoms with Gasteiger partial charge in [-0.05, 0) is 30.4 Å². The largest absolute Gasteiger partial charge is 0.342 e. The number of imidazole rings is 1. The predicted molar refractivity (Wildman–Crippen MR) is 81.1 cm³/mol. The zero-order valence-corrected chi connectivity index (χ0v) is 12.8. The number of aromatic amines is 1. The molecule has 1 atom stereocenters. The molecular weight excluding hydrogens is 279 g/mol. The van der Waals surface area contributed by atoms with E-state index >= 15 is 0 Å². The SMILES string of the molecule is CC1(C)CCCCC1c1nc2cc(Cl)c(Cl)cc2[nH]1. The van der Waals surface area contributed by atoms with Crippen LogP contribution in [-0.4, -0.2) is 9.97 Å². The van der Waals surface area contributed by atoms with Crippen LogP contribution in [0.1, 0.15) is 51.3 Å². The predicted octanol–water partition coefficient (Wildman–Crippen LogP) is 5.55. The van der Waals surface area contributed by atoms with E-state index in [1.54, 1.807) is 0 Å². The van der Waals surface area contributed by atoms with Crippen LogP contribution in [0.25, 0.3) is 11.0 Å². The zero-order chi connectivity index (χ0) is 13.6. The Morgan fingerprint density at radius 3 is 2.68 bits per heavy atom. The molecule has 4 heteroatoms. The fraction of sp³-hybridized carbons (Fsp3) is 0.533. The fourth-order valence-electron chi connectivity index (χ4n) is 3.19. The number of halogens is 2. The summed E-state index contributed by atoms with van der Waals surface area (Å²) in [5.41, 5.74) is 2.19. The zero-order valence-electron chi connectivity index (χ0n) is 11.3. The van der Waals surface area contributed by atoms with Gasteiger partial charge in [-0.1, -0.05) is 49.9 Å². The molecule has 1 aliphatic rings. The van der Waals surface area contributed by atoms with Gasteiger partial charge in [0.1, 0.15) is 5.82 Å². The molecule has 1 aliphatic carbocycles. The molecule has 0 saturated heterocycles. The number of hydrogen-bond donors (Lipinski definition) is 1. The number of nitrogens with one attached hydrogen (secondary N) is 1. The van der Waals surface area contributed by atoms with Crippen molar-refractivity contribution in [3.8, 4) is 0 Å². The summed E-state index contributed by atoms with van der Waals surface area (Å²) in [6.45, 7) is 4.67. The first-order chi connectivity index (χ1) is 8.97. The van der Waals surface area contributed by atoms with Crippen LogP contribution in [-0.2, 0) is 0 Å². The maximum Gasteiger partial charge on any atom is 0.110 e. The van der Waals surface area contributed by atoms with Crippen LogP contribution in [0.3, 0.4) is 0 Å². The molecular formula is C15H18Cl2N2. The second-order valence-electron chi connectivity index (χ2n) is 6.19. The lowest BCUT2D eigenvalue weighted by Crippen LogP contribution is -2.26. The lowest BCUT2D eigenvalue weighted by atomic mass is 9.68. The van der Waals surface area contributed by atoms with Crippen molar-refractivity contribution in [2.24, 2.45) is 5.41 Å². The highest BCUT2D eigenvalue weighted by molar-refractivity contribution is 6.42. The fourth-order valence-corrected chi connectivity index (χ4v) is 3.51. The number of H-pyrrole nitrogens is 1. The standard InChI is InChI=1S/C15H18Cl2N2/c1-15(2)6-4-3-5-9(15)14-18-12-7-10(16)11(17)8-13(12)19-14/h7-9H,3-6H2,1-2H3,(H,18,19). The Balaban J connectivity index is 2.05. The van der Waals surface area contributed by atoms with E-state index in [0.29, 0.717) is 21.4 Å².